The Morgan fingerprint density at radius 2 is 1.90 bits per heavy atom. The van der Waals surface area contributed by atoms with Crippen LogP contribution >= 0.6 is 0 Å². The smallest absolute Gasteiger partial charge is 0.220 e. The Morgan fingerprint density at radius 1 is 1.25 bits per heavy atom. The van der Waals surface area contributed by atoms with E-state index in [1.807, 2.05) is 0 Å². The third kappa shape index (κ3) is 11.8. The van der Waals surface area contributed by atoms with Crippen molar-refractivity contribution in [1.29, 1.82) is 0 Å². The first-order valence-electron chi connectivity index (χ1n) is 7.69. The molecule has 0 aliphatic rings. The van der Waals surface area contributed by atoms with Gasteiger partial charge in [-0.25, -0.2) is 5.84 Å². The van der Waals surface area contributed by atoms with E-state index in [-0.39, 0.29) is 5.91 Å². The fourth-order valence-electron chi connectivity index (χ4n) is 1.91. The van der Waals surface area contributed by atoms with Crippen LogP contribution in [0, 0.1) is 5.92 Å². The average Bonchev–Trinajstić information content (AvgIpc) is 2.35. The van der Waals surface area contributed by atoms with Gasteiger partial charge in [-0.05, 0) is 12.3 Å². The second-order valence-corrected chi connectivity index (χ2v) is 5.74. The summed E-state index contributed by atoms with van der Waals surface area (Å²) in [7, 11) is 0. The molecule has 0 heterocycles. The van der Waals surface area contributed by atoms with Crippen LogP contribution in [0.1, 0.15) is 59.3 Å². The monoisotopic (exact) mass is 284 g/mol. The standard InChI is InChI=1S/C15H32N4O/c1-4-5-6-7-8-9-15(20)18-10-14(16)12-19(17)11-13(2)3/h12-13H,4-11,16-17H2,1-3H3,(H,18,20)/b14-12-. The summed E-state index contributed by atoms with van der Waals surface area (Å²) >= 11 is 0. The van der Waals surface area contributed by atoms with Crippen LogP contribution in [0.25, 0.3) is 0 Å². The summed E-state index contributed by atoms with van der Waals surface area (Å²) in [4.78, 5) is 11.6. The van der Waals surface area contributed by atoms with Gasteiger partial charge in [0, 0.05) is 24.9 Å². The van der Waals surface area contributed by atoms with Crippen molar-refractivity contribution in [3.63, 3.8) is 0 Å². The van der Waals surface area contributed by atoms with E-state index in [9.17, 15) is 4.79 Å². The number of nitrogens with one attached hydrogen (secondary N) is 1. The van der Waals surface area contributed by atoms with Gasteiger partial charge >= 0.3 is 0 Å². The fourth-order valence-corrected chi connectivity index (χ4v) is 1.91. The van der Waals surface area contributed by atoms with Gasteiger partial charge in [-0.15, -0.1) is 0 Å². The molecule has 0 unspecified atom stereocenters. The zero-order chi connectivity index (χ0) is 15.4. The van der Waals surface area contributed by atoms with Crippen LogP contribution in [0.4, 0.5) is 0 Å². The lowest BCUT2D eigenvalue weighted by molar-refractivity contribution is -0.121. The number of nitrogens with two attached hydrogens (primary N) is 2. The Kier molecular flexibility index (Phi) is 10.9. The minimum absolute atomic E-state index is 0.0604. The molecule has 0 saturated heterocycles. The van der Waals surface area contributed by atoms with Crippen molar-refractivity contribution < 1.29 is 4.79 Å². The molecule has 0 aromatic carbocycles. The maximum atomic E-state index is 11.6. The lowest BCUT2D eigenvalue weighted by atomic mass is 10.1. The number of nitrogens with zero attached hydrogens (tertiary/aromatic N) is 1. The summed E-state index contributed by atoms with van der Waals surface area (Å²) in [5.41, 5.74) is 6.39. The van der Waals surface area contributed by atoms with Gasteiger partial charge in [0.2, 0.25) is 5.91 Å². The van der Waals surface area contributed by atoms with Crippen LogP contribution in [0.2, 0.25) is 0 Å². The number of carbonyl (C=O) groups excluding carboxylic acids is 1. The summed E-state index contributed by atoms with van der Waals surface area (Å²) < 4.78 is 0. The Morgan fingerprint density at radius 3 is 2.50 bits per heavy atom. The van der Waals surface area contributed by atoms with Gasteiger partial charge in [0.1, 0.15) is 0 Å². The lowest BCUT2D eigenvalue weighted by Gasteiger charge is -2.17. The molecule has 0 aliphatic carbocycles. The molecule has 0 aromatic rings. The van der Waals surface area contributed by atoms with Crippen molar-refractivity contribution in [2.45, 2.75) is 59.3 Å². The highest BCUT2D eigenvalue weighted by Gasteiger charge is 2.03. The Labute approximate surface area is 123 Å². The van der Waals surface area contributed by atoms with Crippen LogP contribution in [-0.4, -0.2) is 24.0 Å². The van der Waals surface area contributed by atoms with Crippen LogP contribution in [0.3, 0.4) is 0 Å². The molecule has 20 heavy (non-hydrogen) atoms. The van der Waals surface area contributed by atoms with Crippen molar-refractivity contribution in [2.75, 3.05) is 13.1 Å². The summed E-state index contributed by atoms with van der Waals surface area (Å²) in [5.74, 6) is 6.31. The van der Waals surface area contributed by atoms with Gasteiger partial charge < -0.3 is 16.1 Å². The van der Waals surface area contributed by atoms with Crippen molar-refractivity contribution in [3.05, 3.63) is 11.9 Å². The summed E-state index contributed by atoms with van der Waals surface area (Å²) in [6.45, 7) is 7.46. The molecule has 0 spiro atoms. The first kappa shape index (κ1) is 18.8. The van der Waals surface area contributed by atoms with E-state index in [1.165, 1.54) is 19.3 Å². The zero-order valence-corrected chi connectivity index (χ0v) is 13.3. The summed E-state index contributed by atoms with van der Waals surface area (Å²) in [5, 5.41) is 4.38. The first-order chi connectivity index (χ1) is 9.45. The van der Waals surface area contributed by atoms with E-state index < -0.39 is 0 Å². The molecule has 0 fully saturated rings. The molecular weight excluding hydrogens is 252 g/mol. The van der Waals surface area contributed by atoms with Crippen molar-refractivity contribution in [2.24, 2.45) is 17.5 Å². The summed E-state index contributed by atoms with van der Waals surface area (Å²) in [6.07, 6.45) is 8.02. The molecule has 0 bridgehead atoms. The molecule has 0 rings (SSSR count). The van der Waals surface area contributed by atoms with Gasteiger partial charge in [0.05, 0.1) is 6.54 Å². The van der Waals surface area contributed by atoms with Gasteiger partial charge in [-0.1, -0.05) is 46.5 Å². The number of hydrazine groups is 1. The minimum atomic E-state index is 0.0604. The molecule has 0 aliphatic heterocycles. The molecule has 0 radical (unpaired) electrons. The van der Waals surface area contributed by atoms with Crippen molar-refractivity contribution in [3.8, 4) is 0 Å². The zero-order valence-electron chi connectivity index (χ0n) is 13.3. The fraction of sp³-hybridized carbons (Fsp3) is 0.800. The number of rotatable bonds is 11. The molecule has 1 amide bonds. The molecule has 5 nitrogen and oxygen atoms in total. The van der Waals surface area contributed by atoms with Crippen LogP contribution in [0.5, 0.6) is 0 Å². The SMILES string of the molecule is CCCCCCCC(=O)NC/C(N)=C/N(N)CC(C)C. The van der Waals surface area contributed by atoms with Gasteiger partial charge in [-0.3, -0.25) is 4.79 Å². The second kappa shape index (κ2) is 11.6. The maximum absolute atomic E-state index is 11.6. The molecular formula is C15H32N4O. The quantitative estimate of drug-likeness (QED) is 0.308. The average molecular weight is 284 g/mol. The predicted octanol–water partition coefficient (Wildman–Crippen LogP) is 2.09. The highest BCUT2D eigenvalue weighted by Crippen LogP contribution is 2.04. The predicted molar refractivity (Wildman–Crippen MR) is 84.4 cm³/mol. The number of unbranched alkanes of at least 4 members (excludes halogenated alkanes) is 4. The topological polar surface area (TPSA) is 84.4 Å². The number of amides is 1. The highest BCUT2D eigenvalue weighted by atomic mass is 16.1. The highest BCUT2D eigenvalue weighted by molar-refractivity contribution is 5.76. The third-order valence-electron chi connectivity index (χ3n) is 2.90. The van der Waals surface area contributed by atoms with E-state index in [0.29, 0.717) is 24.6 Å². The minimum Gasteiger partial charge on any atom is -0.399 e. The van der Waals surface area contributed by atoms with Gasteiger partial charge in [0.15, 0.2) is 0 Å². The largest absolute Gasteiger partial charge is 0.399 e. The number of hydrogen-bond donors (Lipinski definition) is 3. The number of hydrogen-bond acceptors (Lipinski definition) is 4. The molecule has 0 aromatic heterocycles. The second-order valence-electron chi connectivity index (χ2n) is 5.74. The molecule has 5 heteroatoms. The number of carbonyl (C=O) groups is 1. The molecule has 0 atom stereocenters. The maximum Gasteiger partial charge on any atom is 0.220 e. The molecule has 0 saturated carbocycles. The normalized spacial score (nSPS) is 11.8. The lowest BCUT2D eigenvalue weighted by Crippen LogP contribution is -2.33. The van der Waals surface area contributed by atoms with E-state index in [1.54, 1.807) is 11.2 Å². The Balaban J connectivity index is 3.74. The summed E-state index contributed by atoms with van der Waals surface area (Å²) in [6, 6.07) is 0. The Hall–Kier alpha value is -1.23. The van der Waals surface area contributed by atoms with E-state index in [2.05, 4.69) is 26.1 Å². The van der Waals surface area contributed by atoms with Crippen LogP contribution in [0.15, 0.2) is 11.9 Å². The van der Waals surface area contributed by atoms with E-state index in [4.69, 9.17) is 11.6 Å². The third-order valence-corrected chi connectivity index (χ3v) is 2.90. The molecule has 5 N–H and O–H groups in total. The van der Waals surface area contributed by atoms with Crippen molar-refractivity contribution in [1.82, 2.24) is 10.3 Å². The first-order valence-corrected chi connectivity index (χ1v) is 7.69. The van der Waals surface area contributed by atoms with Crippen molar-refractivity contribution >= 4 is 5.91 Å². The van der Waals surface area contributed by atoms with E-state index in [0.717, 1.165) is 19.4 Å². The Bertz CT molecular complexity index is 290. The van der Waals surface area contributed by atoms with Crippen LogP contribution in [-0.2, 0) is 4.79 Å². The van der Waals surface area contributed by atoms with Gasteiger partial charge in [0.25, 0.3) is 0 Å². The molecule has 118 valence electrons. The van der Waals surface area contributed by atoms with Gasteiger partial charge in [-0.2, -0.15) is 0 Å². The van der Waals surface area contributed by atoms with E-state index >= 15 is 0 Å². The van der Waals surface area contributed by atoms with Crippen LogP contribution < -0.4 is 16.9 Å².